The van der Waals surface area contributed by atoms with Gasteiger partial charge in [-0.1, -0.05) is 74.5 Å². The van der Waals surface area contributed by atoms with Crippen molar-refractivity contribution in [2.24, 2.45) is 5.92 Å². The normalized spacial score (nSPS) is 11.3. The Morgan fingerprint density at radius 2 is 1.62 bits per heavy atom. The molecule has 2 aromatic heterocycles. The summed E-state index contributed by atoms with van der Waals surface area (Å²) in [5, 5.41) is 18.9. The lowest BCUT2D eigenvalue weighted by Gasteiger charge is -2.10. The smallest absolute Gasteiger partial charge is 0.209 e. The molecule has 0 amide bonds. The molecule has 29 heavy (non-hydrogen) atoms. The van der Waals surface area contributed by atoms with Gasteiger partial charge in [0.05, 0.1) is 18.3 Å². The molecule has 4 aromatic rings. The Hall–Kier alpha value is -2.93. The summed E-state index contributed by atoms with van der Waals surface area (Å²) in [6, 6.07) is 20.6. The van der Waals surface area contributed by atoms with Crippen LogP contribution in [0.2, 0.25) is 0 Å². The van der Waals surface area contributed by atoms with E-state index in [1.54, 1.807) is 16.6 Å². The highest BCUT2D eigenvalue weighted by Gasteiger charge is 2.18. The molecule has 0 fully saturated rings. The summed E-state index contributed by atoms with van der Waals surface area (Å²) < 4.78 is 2.06. The molecule has 0 aliphatic carbocycles. The molecule has 4 rings (SSSR count). The third kappa shape index (κ3) is 4.92. The first-order valence-electron chi connectivity index (χ1n) is 9.73. The van der Waals surface area contributed by atoms with Crippen molar-refractivity contribution >= 4 is 11.8 Å². The standard InChI is InChI=1S/C22H24N6S/c1-17(2)14-27-22(29-16-19-11-7-4-8-12-19)20(13-23-27)21-24-26-28(25-21)15-18-9-5-3-6-10-18/h3-13,17H,14-16H2,1-2H3. The molecule has 0 aliphatic heterocycles. The summed E-state index contributed by atoms with van der Waals surface area (Å²) in [4.78, 5) is 1.64. The van der Waals surface area contributed by atoms with Gasteiger partial charge in [0.1, 0.15) is 5.03 Å². The number of rotatable bonds is 8. The third-order valence-corrected chi connectivity index (χ3v) is 5.59. The Kier molecular flexibility index (Phi) is 6.05. The molecule has 0 bridgehead atoms. The van der Waals surface area contributed by atoms with Crippen LogP contribution >= 0.6 is 11.8 Å². The van der Waals surface area contributed by atoms with Crippen molar-refractivity contribution in [3.05, 3.63) is 78.0 Å². The molecule has 0 atom stereocenters. The zero-order chi connectivity index (χ0) is 20.1. The van der Waals surface area contributed by atoms with Crippen LogP contribution in [0.15, 0.2) is 71.9 Å². The van der Waals surface area contributed by atoms with Crippen molar-refractivity contribution in [2.45, 2.75) is 37.7 Å². The molecule has 0 radical (unpaired) electrons. The number of thioether (sulfide) groups is 1. The van der Waals surface area contributed by atoms with Gasteiger partial charge >= 0.3 is 0 Å². The molecule has 0 unspecified atom stereocenters. The highest BCUT2D eigenvalue weighted by Crippen LogP contribution is 2.32. The first-order chi connectivity index (χ1) is 14.2. The monoisotopic (exact) mass is 404 g/mol. The first-order valence-corrected chi connectivity index (χ1v) is 10.7. The van der Waals surface area contributed by atoms with E-state index in [4.69, 9.17) is 0 Å². The van der Waals surface area contributed by atoms with Gasteiger partial charge in [-0.15, -0.1) is 22.0 Å². The van der Waals surface area contributed by atoms with E-state index in [2.05, 4.69) is 75.4 Å². The summed E-state index contributed by atoms with van der Waals surface area (Å²) in [6.45, 7) is 5.85. The second kappa shape index (κ2) is 9.05. The lowest BCUT2D eigenvalue weighted by Crippen LogP contribution is -2.07. The summed E-state index contributed by atoms with van der Waals surface area (Å²) >= 11 is 1.77. The summed E-state index contributed by atoms with van der Waals surface area (Å²) in [6.07, 6.45) is 1.86. The van der Waals surface area contributed by atoms with E-state index in [1.165, 1.54) is 5.56 Å². The fourth-order valence-corrected chi connectivity index (χ4v) is 4.11. The summed E-state index contributed by atoms with van der Waals surface area (Å²) in [5.74, 6) is 1.99. The molecule has 0 N–H and O–H groups in total. The maximum Gasteiger partial charge on any atom is 0.209 e. The summed E-state index contributed by atoms with van der Waals surface area (Å²) in [7, 11) is 0. The average molecular weight is 405 g/mol. The van der Waals surface area contributed by atoms with Gasteiger partial charge in [-0.25, -0.2) is 0 Å². The second-order valence-electron chi connectivity index (χ2n) is 7.34. The van der Waals surface area contributed by atoms with E-state index in [-0.39, 0.29) is 0 Å². The molecular weight excluding hydrogens is 380 g/mol. The Bertz CT molecular complexity index is 1040. The predicted molar refractivity (Wildman–Crippen MR) is 115 cm³/mol. The third-order valence-electron chi connectivity index (χ3n) is 4.41. The molecule has 0 saturated heterocycles. The van der Waals surface area contributed by atoms with Gasteiger partial charge in [-0.05, 0) is 22.3 Å². The lowest BCUT2D eigenvalue weighted by molar-refractivity contribution is 0.457. The van der Waals surface area contributed by atoms with Crippen LogP contribution in [0.25, 0.3) is 11.4 Å². The van der Waals surface area contributed by atoms with Crippen molar-refractivity contribution in [1.82, 2.24) is 30.0 Å². The predicted octanol–water partition coefficient (Wildman–Crippen LogP) is 4.53. The minimum atomic E-state index is 0.501. The number of hydrogen-bond donors (Lipinski definition) is 0. The van der Waals surface area contributed by atoms with Crippen molar-refractivity contribution in [1.29, 1.82) is 0 Å². The maximum atomic E-state index is 4.62. The summed E-state index contributed by atoms with van der Waals surface area (Å²) in [5.41, 5.74) is 3.36. The minimum absolute atomic E-state index is 0.501. The van der Waals surface area contributed by atoms with E-state index < -0.39 is 0 Å². The first kappa shape index (κ1) is 19.4. The molecule has 7 heteroatoms. The Morgan fingerprint density at radius 3 is 2.31 bits per heavy atom. The van der Waals surface area contributed by atoms with Crippen LogP contribution in [0.4, 0.5) is 0 Å². The minimum Gasteiger partial charge on any atom is -0.258 e. The Labute approximate surface area is 175 Å². The van der Waals surface area contributed by atoms with Gasteiger partial charge in [0.2, 0.25) is 5.82 Å². The average Bonchev–Trinajstić information content (AvgIpc) is 3.34. The van der Waals surface area contributed by atoms with Gasteiger partial charge in [0.15, 0.2) is 0 Å². The van der Waals surface area contributed by atoms with Crippen molar-refractivity contribution in [2.75, 3.05) is 0 Å². The largest absolute Gasteiger partial charge is 0.258 e. The van der Waals surface area contributed by atoms with E-state index in [0.29, 0.717) is 18.3 Å². The van der Waals surface area contributed by atoms with Crippen LogP contribution in [-0.4, -0.2) is 30.0 Å². The molecule has 0 spiro atoms. The van der Waals surface area contributed by atoms with Crippen LogP contribution in [0.1, 0.15) is 25.0 Å². The fourth-order valence-electron chi connectivity index (χ4n) is 3.05. The Balaban J connectivity index is 1.58. The molecule has 0 saturated carbocycles. The zero-order valence-corrected chi connectivity index (χ0v) is 17.5. The lowest BCUT2D eigenvalue weighted by atomic mass is 10.2. The van der Waals surface area contributed by atoms with Gasteiger partial charge in [-0.2, -0.15) is 9.90 Å². The van der Waals surface area contributed by atoms with E-state index in [9.17, 15) is 0 Å². The van der Waals surface area contributed by atoms with Gasteiger partial charge in [-0.3, -0.25) is 4.68 Å². The van der Waals surface area contributed by atoms with Crippen LogP contribution in [0.3, 0.4) is 0 Å². The van der Waals surface area contributed by atoms with Crippen LogP contribution in [0.5, 0.6) is 0 Å². The number of hydrogen-bond acceptors (Lipinski definition) is 5. The van der Waals surface area contributed by atoms with Crippen molar-refractivity contribution in [3.8, 4) is 11.4 Å². The maximum absolute atomic E-state index is 4.62. The van der Waals surface area contributed by atoms with Crippen molar-refractivity contribution in [3.63, 3.8) is 0 Å². The van der Waals surface area contributed by atoms with Crippen LogP contribution in [-0.2, 0) is 18.8 Å². The van der Waals surface area contributed by atoms with Gasteiger partial charge in [0.25, 0.3) is 0 Å². The molecule has 0 aliphatic rings. The highest BCUT2D eigenvalue weighted by atomic mass is 32.2. The molecule has 2 heterocycles. The van der Waals surface area contributed by atoms with Crippen LogP contribution < -0.4 is 0 Å². The SMILES string of the molecule is CC(C)Cn1ncc(-c2nnn(Cc3ccccc3)n2)c1SCc1ccccc1. The zero-order valence-electron chi connectivity index (χ0n) is 16.6. The number of nitrogens with zero attached hydrogens (tertiary/aromatic N) is 6. The Morgan fingerprint density at radius 1 is 0.931 bits per heavy atom. The van der Waals surface area contributed by atoms with Gasteiger partial charge in [0, 0.05) is 12.3 Å². The van der Waals surface area contributed by atoms with Crippen molar-refractivity contribution < 1.29 is 0 Å². The number of tetrazole rings is 1. The van der Waals surface area contributed by atoms with Crippen LogP contribution in [0, 0.1) is 5.92 Å². The molecule has 2 aromatic carbocycles. The fraction of sp³-hybridized carbons (Fsp3) is 0.273. The molecule has 148 valence electrons. The second-order valence-corrected chi connectivity index (χ2v) is 8.31. The number of benzene rings is 2. The van der Waals surface area contributed by atoms with E-state index in [0.717, 1.165) is 28.5 Å². The highest BCUT2D eigenvalue weighted by molar-refractivity contribution is 7.98. The quantitative estimate of drug-likeness (QED) is 0.404. The topological polar surface area (TPSA) is 61.4 Å². The molecular formula is C22H24N6S. The van der Waals surface area contributed by atoms with Gasteiger partial charge < -0.3 is 0 Å². The van der Waals surface area contributed by atoms with E-state index >= 15 is 0 Å². The number of aromatic nitrogens is 6. The molecule has 6 nitrogen and oxygen atoms in total. The van der Waals surface area contributed by atoms with E-state index in [1.807, 2.05) is 30.5 Å².